The van der Waals surface area contributed by atoms with Crippen LogP contribution < -0.4 is 14.8 Å². The van der Waals surface area contributed by atoms with E-state index in [-0.39, 0.29) is 11.8 Å². The average molecular weight is 470 g/mol. The number of aryl methyl sites for hydroxylation is 1. The lowest BCUT2D eigenvalue weighted by Gasteiger charge is -2.36. The SMILES string of the molecule is COc1ccc(-c2nc(CN3CCC(C(=O)N[C@@H]4CCC[C@@H](C)[C@H]4C)CC3)c(C)o2)cc1OC. The highest BCUT2D eigenvalue weighted by Crippen LogP contribution is 2.33. The van der Waals surface area contributed by atoms with Crippen LogP contribution in [0.1, 0.15) is 57.4 Å². The molecule has 1 N–H and O–H groups in total. The van der Waals surface area contributed by atoms with Crippen molar-refractivity contribution in [3.63, 3.8) is 0 Å². The summed E-state index contributed by atoms with van der Waals surface area (Å²) in [5.41, 5.74) is 1.80. The number of amides is 1. The lowest BCUT2D eigenvalue weighted by Crippen LogP contribution is -2.48. The lowest BCUT2D eigenvalue weighted by atomic mass is 9.78. The molecule has 1 saturated carbocycles. The molecule has 2 aliphatic rings. The Bertz CT molecular complexity index is 980. The Morgan fingerprint density at radius 1 is 1.12 bits per heavy atom. The molecule has 1 aromatic carbocycles. The highest BCUT2D eigenvalue weighted by atomic mass is 16.5. The molecule has 2 fully saturated rings. The van der Waals surface area contributed by atoms with Crippen molar-refractivity contribution in [1.82, 2.24) is 15.2 Å². The summed E-state index contributed by atoms with van der Waals surface area (Å²) >= 11 is 0. The van der Waals surface area contributed by atoms with Crippen molar-refractivity contribution >= 4 is 5.91 Å². The Kier molecular flexibility index (Phi) is 7.81. The number of carbonyl (C=O) groups is 1. The van der Waals surface area contributed by atoms with Gasteiger partial charge in [0.25, 0.3) is 0 Å². The maximum Gasteiger partial charge on any atom is 0.226 e. The van der Waals surface area contributed by atoms with Gasteiger partial charge in [-0.15, -0.1) is 0 Å². The minimum atomic E-state index is 0.112. The first-order valence-electron chi connectivity index (χ1n) is 12.6. The van der Waals surface area contributed by atoms with E-state index in [0.29, 0.717) is 35.3 Å². The van der Waals surface area contributed by atoms with Gasteiger partial charge in [0.05, 0.1) is 19.9 Å². The molecule has 1 amide bonds. The van der Waals surface area contributed by atoms with Crippen molar-refractivity contribution in [2.45, 2.75) is 65.5 Å². The quantitative estimate of drug-likeness (QED) is 0.627. The van der Waals surface area contributed by atoms with E-state index < -0.39 is 0 Å². The predicted molar refractivity (Wildman–Crippen MR) is 132 cm³/mol. The van der Waals surface area contributed by atoms with Crippen LogP contribution in [0.5, 0.6) is 11.5 Å². The minimum absolute atomic E-state index is 0.112. The monoisotopic (exact) mass is 469 g/mol. The molecule has 1 aromatic heterocycles. The van der Waals surface area contributed by atoms with Crippen molar-refractivity contribution < 1.29 is 18.7 Å². The predicted octanol–water partition coefficient (Wildman–Crippen LogP) is 4.82. The molecule has 1 saturated heterocycles. The smallest absolute Gasteiger partial charge is 0.226 e. The van der Waals surface area contributed by atoms with Gasteiger partial charge < -0.3 is 19.2 Å². The van der Waals surface area contributed by atoms with Gasteiger partial charge in [0.2, 0.25) is 11.8 Å². The number of ether oxygens (including phenoxy) is 2. The number of likely N-dealkylation sites (tertiary alicyclic amines) is 1. The summed E-state index contributed by atoms with van der Waals surface area (Å²) in [5, 5.41) is 3.38. The lowest BCUT2D eigenvalue weighted by molar-refractivity contribution is -0.128. The van der Waals surface area contributed by atoms with Gasteiger partial charge in [-0.1, -0.05) is 26.7 Å². The molecule has 0 bridgehead atoms. The zero-order valence-corrected chi connectivity index (χ0v) is 21.2. The van der Waals surface area contributed by atoms with Crippen molar-refractivity contribution in [2.75, 3.05) is 27.3 Å². The van der Waals surface area contributed by atoms with E-state index in [1.54, 1.807) is 14.2 Å². The third-order valence-electron chi connectivity index (χ3n) is 7.89. The second-order valence-electron chi connectivity index (χ2n) is 10.0. The van der Waals surface area contributed by atoms with Gasteiger partial charge in [0, 0.05) is 24.1 Å². The summed E-state index contributed by atoms with van der Waals surface area (Å²) in [6, 6.07) is 6.00. The van der Waals surface area contributed by atoms with E-state index in [1.807, 2.05) is 25.1 Å². The van der Waals surface area contributed by atoms with E-state index in [2.05, 4.69) is 24.1 Å². The zero-order valence-electron chi connectivity index (χ0n) is 21.2. The number of oxazole rings is 1. The van der Waals surface area contributed by atoms with E-state index in [4.69, 9.17) is 18.9 Å². The van der Waals surface area contributed by atoms with E-state index in [9.17, 15) is 4.79 Å². The largest absolute Gasteiger partial charge is 0.493 e. The molecular formula is C27H39N3O4. The summed E-state index contributed by atoms with van der Waals surface area (Å²) in [7, 11) is 3.24. The van der Waals surface area contributed by atoms with Crippen LogP contribution in [-0.2, 0) is 11.3 Å². The van der Waals surface area contributed by atoms with Crippen LogP contribution in [0.25, 0.3) is 11.5 Å². The van der Waals surface area contributed by atoms with Gasteiger partial charge in [-0.3, -0.25) is 9.69 Å². The molecule has 7 heteroatoms. The number of nitrogens with zero attached hydrogens (tertiary/aromatic N) is 2. The van der Waals surface area contributed by atoms with E-state index in [0.717, 1.165) is 55.9 Å². The number of methoxy groups -OCH3 is 2. The van der Waals surface area contributed by atoms with Gasteiger partial charge in [-0.2, -0.15) is 0 Å². The normalized spacial score (nSPS) is 24.1. The molecular weight excluding hydrogens is 430 g/mol. The number of carbonyl (C=O) groups excluding carboxylic acids is 1. The van der Waals surface area contributed by atoms with Crippen molar-refractivity contribution in [3.05, 3.63) is 29.7 Å². The van der Waals surface area contributed by atoms with Crippen molar-refractivity contribution in [3.8, 4) is 23.0 Å². The molecule has 4 rings (SSSR count). The number of hydrogen-bond donors (Lipinski definition) is 1. The third kappa shape index (κ3) is 5.40. The Labute approximate surface area is 203 Å². The van der Waals surface area contributed by atoms with E-state index in [1.165, 1.54) is 12.8 Å². The Morgan fingerprint density at radius 3 is 2.56 bits per heavy atom. The third-order valence-corrected chi connectivity index (χ3v) is 7.89. The Morgan fingerprint density at radius 2 is 1.85 bits per heavy atom. The van der Waals surface area contributed by atoms with Gasteiger partial charge in [-0.25, -0.2) is 4.98 Å². The molecule has 3 atom stereocenters. The number of nitrogens with one attached hydrogen (secondary N) is 1. The molecule has 1 aliphatic heterocycles. The fraction of sp³-hybridized carbons (Fsp3) is 0.630. The second-order valence-corrected chi connectivity index (χ2v) is 10.0. The molecule has 0 unspecified atom stereocenters. The van der Waals surface area contributed by atoms with Gasteiger partial charge in [0.15, 0.2) is 11.5 Å². The molecule has 34 heavy (non-hydrogen) atoms. The molecule has 7 nitrogen and oxygen atoms in total. The summed E-state index contributed by atoms with van der Waals surface area (Å²) in [6.07, 6.45) is 5.39. The Hall–Kier alpha value is -2.54. The molecule has 0 radical (unpaired) electrons. The molecule has 186 valence electrons. The van der Waals surface area contributed by atoms with Crippen LogP contribution in [0.15, 0.2) is 22.6 Å². The first kappa shape index (κ1) is 24.6. The fourth-order valence-electron chi connectivity index (χ4n) is 5.32. The number of piperidine rings is 1. The summed E-state index contributed by atoms with van der Waals surface area (Å²) in [4.78, 5) is 20.1. The molecule has 2 heterocycles. The maximum atomic E-state index is 12.9. The van der Waals surface area contributed by atoms with Crippen LogP contribution in [0.3, 0.4) is 0 Å². The highest BCUT2D eigenvalue weighted by Gasteiger charge is 2.32. The van der Waals surface area contributed by atoms with Gasteiger partial charge in [0.1, 0.15) is 5.76 Å². The van der Waals surface area contributed by atoms with Crippen LogP contribution in [0, 0.1) is 24.7 Å². The number of rotatable bonds is 7. The zero-order chi connectivity index (χ0) is 24.2. The van der Waals surface area contributed by atoms with Crippen LogP contribution >= 0.6 is 0 Å². The first-order valence-corrected chi connectivity index (χ1v) is 12.6. The minimum Gasteiger partial charge on any atom is -0.493 e. The first-order chi connectivity index (χ1) is 16.4. The maximum absolute atomic E-state index is 12.9. The van der Waals surface area contributed by atoms with Crippen LogP contribution in [0.4, 0.5) is 0 Å². The summed E-state index contributed by atoms with van der Waals surface area (Å²) in [5.74, 6) is 4.34. The standard InChI is InChI=1S/C27H39N3O4/c1-17-7-6-8-22(18(17)2)28-26(31)20-11-13-30(14-12-20)16-23-19(3)34-27(29-23)21-9-10-24(32-4)25(15-21)33-5/h9-10,15,17-18,20,22H,6-8,11-14,16H2,1-5H3,(H,28,31)/t17-,18-,22-/m1/s1. The second kappa shape index (κ2) is 10.8. The summed E-state index contributed by atoms with van der Waals surface area (Å²) < 4.78 is 16.7. The highest BCUT2D eigenvalue weighted by molar-refractivity contribution is 5.79. The number of aromatic nitrogens is 1. The van der Waals surface area contributed by atoms with E-state index >= 15 is 0 Å². The van der Waals surface area contributed by atoms with Crippen molar-refractivity contribution in [2.24, 2.45) is 17.8 Å². The fourth-order valence-corrected chi connectivity index (χ4v) is 5.32. The van der Waals surface area contributed by atoms with Crippen LogP contribution in [-0.4, -0.2) is 49.1 Å². The van der Waals surface area contributed by atoms with Gasteiger partial charge in [-0.05, 0) is 69.3 Å². The molecule has 0 spiro atoms. The summed E-state index contributed by atoms with van der Waals surface area (Å²) in [6.45, 7) is 9.07. The average Bonchev–Trinajstić information content (AvgIpc) is 3.21. The molecule has 2 aromatic rings. The Balaban J connectivity index is 1.32. The number of hydrogen-bond acceptors (Lipinski definition) is 6. The van der Waals surface area contributed by atoms with Crippen LogP contribution in [0.2, 0.25) is 0 Å². The number of benzene rings is 1. The van der Waals surface area contributed by atoms with Crippen molar-refractivity contribution in [1.29, 1.82) is 0 Å². The topological polar surface area (TPSA) is 76.8 Å². The van der Waals surface area contributed by atoms with Gasteiger partial charge >= 0.3 is 0 Å². The molecule has 1 aliphatic carbocycles.